The summed E-state index contributed by atoms with van der Waals surface area (Å²) in [7, 11) is -3.44. The van der Waals surface area contributed by atoms with Gasteiger partial charge in [0.15, 0.2) is 9.84 Å². The molecule has 0 atom stereocenters. The Morgan fingerprint density at radius 1 is 1.25 bits per heavy atom. The highest BCUT2D eigenvalue weighted by Gasteiger charge is 2.38. The second kappa shape index (κ2) is 5.42. The SMILES string of the molecule is O=S(=O)(c1ccc(CN2CCNCC2)cc1F)C1CC1. The molecular formula is C14H19FN2O2S. The molecule has 6 heteroatoms. The molecule has 0 radical (unpaired) electrons. The van der Waals surface area contributed by atoms with Crippen LogP contribution in [-0.2, 0) is 16.4 Å². The first-order chi connectivity index (χ1) is 9.57. The second-order valence-corrected chi connectivity index (χ2v) is 7.73. The lowest BCUT2D eigenvalue weighted by molar-refractivity contribution is 0.233. The molecule has 1 heterocycles. The fourth-order valence-corrected chi connectivity index (χ4v) is 4.26. The average Bonchev–Trinajstić information content (AvgIpc) is 3.24. The molecule has 110 valence electrons. The lowest BCUT2D eigenvalue weighted by Gasteiger charge is -2.27. The smallest absolute Gasteiger partial charge is 0.184 e. The zero-order chi connectivity index (χ0) is 14.2. The quantitative estimate of drug-likeness (QED) is 0.906. The van der Waals surface area contributed by atoms with E-state index >= 15 is 0 Å². The van der Waals surface area contributed by atoms with Crippen LogP contribution in [0.15, 0.2) is 23.1 Å². The predicted octanol–water partition coefficient (Wildman–Crippen LogP) is 1.17. The van der Waals surface area contributed by atoms with Crippen molar-refractivity contribution in [2.75, 3.05) is 26.2 Å². The van der Waals surface area contributed by atoms with E-state index in [9.17, 15) is 12.8 Å². The standard InChI is InChI=1S/C14H19FN2O2S/c15-13-9-11(10-17-7-5-16-6-8-17)1-4-14(13)20(18,19)12-2-3-12/h1,4,9,12,16H,2-3,5-8,10H2. The van der Waals surface area contributed by atoms with Gasteiger partial charge >= 0.3 is 0 Å². The summed E-state index contributed by atoms with van der Waals surface area (Å²) in [6.07, 6.45) is 1.31. The Kier molecular flexibility index (Phi) is 3.79. The maximum atomic E-state index is 14.1. The van der Waals surface area contributed by atoms with Crippen LogP contribution in [0.4, 0.5) is 4.39 Å². The number of rotatable bonds is 4. The van der Waals surface area contributed by atoms with E-state index in [1.54, 1.807) is 6.07 Å². The monoisotopic (exact) mass is 298 g/mol. The van der Waals surface area contributed by atoms with E-state index in [1.165, 1.54) is 12.1 Å². The van der Waals surface area contributed by atoms with Crippen LogP contribution in [-0.4, -0.2) is 44.7 Å². The van der Waals surface area contributed by atoms with Gasteiger partial charge < -0.3 is 5.32 Å². The molecule has 0 spiro atoms. The Bertz CT molecular complexity index is 593. The fraction of sp³-hybridized carbons (Fsp3) is 0.571. The van der Waals surface area contributed by atoms with Gasteiger partial charge in [0, 0.05) is 32.7 Å². The third-order valence-electron chi connectivity index (χ3n) is 3.88. The van der Waals surface area contributed by atoms with Crippen LogP contribution in [0.25, 0.3) is 0 Å². The average molecular weight is 298 g/mol. The fourth-order valence-electron chi connectivity index (χ4n) is 2.56. The minimum absolute atomic E-state index is 0.135. The second-order valence-electron chi connectivity index (χ2n) is 5.54. The molecule has 1 aromatic carbocycles. The van der Waals surface area contributed by atoms with Crippen LogP contribution in [0.2, 0.25) is 0 Å². The molecular weight excluding hydrogens is 279 g/mol. The van der Waals surface area contributed by atoms with E-state index < -0.39 is 15.7 Å². The first-order valence-electron chi connectivity index (χ1n) is 7.03. The number of nitrogens with one attached hydrogen (secondary N) is 1. The Labute approximate surface area is 118 Å². The molecule has 0 aromatic heterocycles. The molecule has 1 saturated carbocycles. The summed E-state index contributed by atoms with van der Waals surface area (Å²) < 4.78 is 38.2. The van der Waals surface area contributed by atoms with Gasteiger partial charge in [-0.2, -0.15) is 0 Å². The largest absolute Gasteiger partial charge is 0.314 e. The topological polar surface area (TPSA) is 49.4 Å². The van der Waals surface area contributed by atoms with Crippen molar-refractivity contribution < 1.29 is 12.8 Å². The van der Waals surface area contributed by atoms with Crippen LogP contribution in [0.1, 0.15) is 18.4 Å². The van der Waals surface area contributed by atoms with Gasteiger partial charge in [-0.1, -0.05) is 6.07 Å². The Morgan fingerprint density at radius 3 is 2.55 bits per heavy atom. The summed E-state index contributed by atoms with van der Waals surface area (Å²) in [5.74, 6) is -0.607. The van der Waals surface area contributed by atoms with Gasteiger partial charge in [0.2, 0.25) is 0 Å². The molecule has 4 nitrogen and oxygen atoms in total. The third kappa shape index (κ3) is 2.87. The summed E-state index contributed by atoms with van der Waals surface area (Å²) in [6.45, 7) is 4.42. The van der Waals surface area contributed by atoms with Crippen molar-refractivity contribution in [2.45, 2.75) is 29.5 Å². The van der Waals surface area contributed by atoms with Crippen molar-refractivity contribution in [1.29, 1.82) is 0 Å². The third-order valence-corrected chi connectivity index (χ3v) is 6.18. The van der Waals surface area contributed by atoms with Crippen molar-refractivity contribution >= 4 is 9.84 Å². The van der Waals surface area contributed by atoms with Crippen molar-refractivity contribution in [3.63, 3.8) is 0 Å². The van der Waals surface area contributed by atoms with Gasteiger partial charge in [-0.3, -0.25) is 4.90 Å². The van der Waals surface area contributed by atoms with Gasteiger partial charge in [-0.05, 0) is 30.5 Å². The van der Waals surface area contributed by atoms with Crippen molar-refractivity contribution in [3.05, 3.63) is 29.6 Å². The van der Waals surface area contributed by atoms with Gasteiger partial charge in [-0.25, -0.2) is 12.8 Å². The van der Waals surface area contributed by atoms with Crippen LogP contribution >= 0.6 is 0 Å². The highest BCUT2D eigenvalue weighted by molar-refractivity contribution is 7.92. The molecule has 1 aliphatic carbocycles. The summed E-state index contributed by atoms with van der Waals surface area (Å²) in [5, 5.41) is 2.90. The van der Waals surface area contributed by atoms with E-state index in [2.05, 4.69) is 10.2 Å². The van der Waals surface area contributed by atoms with Gasteiger partial charge in [0.25, 0.3) is 0 Å². The number of hydrogen-bond donors (Lipinski definition) is 1. The van der Waals surface area contributed by atoms with E-state index in [0.29, 0.717) is 19.4 Å². The van der Waals surface area contributed by atoms with Crippen molar-refractivity contribution in [2.24, 2.45) is 0 Å². The summed E-state index contributed by atoms with van der Waals surface area (Å²) in [6, 6.07) is 4.54. The first-order valence-corrected chi connectivity index (χ1v) is 8.57. The first kappa shape index (κ1) is 14.0. The lowest BCUT2D eigenvalue weighted by atomic mass is 10.2. The van der Waals surface area contributed by atoms with Crippen LogP contribution in [0.5, 0.6) is 0 Å². The highest BCUT2D eigenvalue weighted by Crippen LogP contribution is 2.34. The molecule has 2 fully saturated rings. The molecule has 0 unspecified atom stereocenters. The number of benzene rings is 1. The van der Waals surface area contributed by atoms with Crippen LogP contribution in [0.3, 0.4) is 0 Å². The maximum Gasteiger partial charge on any atom is 0.184 e. The zero-order valence-electron chi connectivity index (χ0n) is 11.3. The maximum absolute atomic E-state index is 14.1. The van der Waals surface area contributed by atoms with Crippen LogP contribution < -0.4 is 5.32 Å². The van der Waals surface area contributed by atoms with E-state index in [4.69, 9.17) is 0 Å². The Balaban J connectivity index is 1.77. The van der Waals surface area contributed by atoms with Gasteiger partial charge in [-0.15, -0.1) is 0 Å². The Hall–Kier alpha value is -0.980. The van der Waals surface area contributed by atoms with E-state index in [-0.39, 0.29) is 10.1 Å². The molecule has 20 heavy (non-hydrogen) atoms. The lowest BCUT2D eigenvalue weighted by Crippen LogP contribution is -2.42. The molecule has 0 amide bonds. The number of piperazine rings is 1. The number of nitrogens with zero attached hydrogens (tertiary/aromatic N) is 1. The van der Waals surface area contributed by atoms with Gasteiger partial charge in [0.1, 0.15) is 10.7 Å². The molecule has 1 saturated heterocycles. The zero-order valence-corrected chi connectivity index (χ0v) is 12.1. The van der Waals surface area contributed by atoms with Gasteiger partial charge in [0.05, 0.1) is 5.25 Å². The summed E-state index contributed by atoms with van der Waals surface area (Å²) in [4.78, 5) is 2.10. The number of halogens is 1. The molecule has 3 rings (SSSR count). The summed E-state index contributed by atoms with van der Waals surface area (Å²) >= 11 is 0. The van der Waals surface area contributed by atoms with Crippen molar-refractivity contribution in [1.82, 2.24) is 10.2 Å². The van der Waals surface area contributed by atoms with Crippen LogP contribution in [0, 0.1) is 5.82 Å². The number of sulfone groups is 1. The molecule has 1 aliphatic heterocycles. The highest BCUT2D eigenvalue weighted by atomic mass is 32.2. The molecule has 0 bridgehead atoms. The Morgan fingerprint density at radius 2 is 1.95 bits per heavy atom. The normalized spacial score (nSPS) is 21.1. The van der Waals surface area contributed by atoms with Crippen molar-refractivity contribution in [3.8, 4) is 0 Å². The minimum atomic E-state index is -3.44. The summed E-state index contributed by atoms with van der Waals surface area (Å²) in [5.41, 5.74) is 0.833. The molecule has 2 aliphatic rings. The molecule has 1 N–H and O–H groups in total. The predicted molar refractivity (Wildman–Crippen MR) is 74.8 cm³/mol. The number of hydrogen-bond acceptors (Lipinski definition) is 4. The minimum Gasteiger partial charge on any atom is -0.314 e. The molecule has 1 aromatic rings. The van der Waals surface area contributed by atoms with E-state index in [0.717, 1.165) is 31.7 Å². The van der Waals surface area contributed by atoms with E-state index in [1.807, 2.05) is 0 Å².